The standard InChI is InChI=1S/C16H18N2O2S/c17-12-10-15(18(11-12)13-6-7-13)16(19)20-8-9-21-14-4-2-1-3-5-14/h1-5,10-11,13H,6-9,17H2. The number of rotatable bonds is 6. The Hall–Kier alpha value is -1.88. The highest BCUT2D eigenvalue weighted by Crippen LogP contribution is 2.37. The van der Waals surface area contributed by atoms with E-state index < -0.39 is 0 Å². The Balaban J connectivity index is 1.50. The fraction of sp³-hybridized carbons (Fsp3) is 0.312. The van der Waals surface area contributed by atoms with Crippen LogP contribution in [0.4, 0.5) is 5.69 Å². The van der Waals surface area contributed by atoms with Gasteiger partial charge in [0.15, 0.2) is 0 Å². The zero-order valence-electron chi connectivity index (χ0n) is 11.7. The van der Waals surface area contributed by atoms with E-state index in [0.717, 1.165) is 18.6 Å². The number of esters is 1. The molecule has 0 aliphatic heterocycles. The van der Waals surface area contributed by atoms with Crippen LogP contribution in [0.5, 0.6) is 0 Å². The first kappa shape index (κ1) is 14.1. The van der Waals surface area contributed by atoms with Crippen molar-refractivity contribution in [1.82, 2.24) is 4.57 Å². The summed E-state index contributed by atoms with van der Waals surface area (Å²) in [5, 5.41) is 0. The van der Waals surface area contributed by atoms with Crippen LogP contribution in [-0.4, -0.2) is 22.9 Å². The van der Waals surface area contributed by atoms with Crippen LogP contribution in [0.15, 0.2) is 47.5 Å². The Morgan fingerprint density at radius 2 is 2.10 bits per heavy atom. The third kappa shape index (κ3) is 3.61. The SMILES string of the molecule is Nc1cc(C(=O)OCCSc2ccccc2)n(C2CC2)c1. The molecule has 0 spiro atoms. The van der Waals surface area contributed by atoms with Gasteiger partial charge in [-0.3, -0.25) is 0 Å². The van der Waals surface area contributed by atoms with E-state index in [-0.39, 0.29) is 5.97 Å². The normalized spacial score (nSPS) is 14.1. The molecule has 1 aromatic carbocycles. The first-order valence-corrected chi connectivity index (χ1v) is 8.05. The minimum Gasteiger partial charge on any atom is -0.460 e. The molecule has 1 heterocycles. The number of nitrogens with zero attached hydrogens (tertiary/aromatic N) is 1. The number of carbonyl (C=O) groups is 1. The second-order valence-corrected chi connectivity index (χ2v) is 6.26. The fourth-order valence-corrected chi connectivity index (χ4v) is 2.96. The Kier molecular flexibility index (Phi) is 4.20. The summed E-state index contributed by atoms with van der Waals surface area (Å²) >= 11 is 1.68. The van der Waals surface area contributed by atoms with Crippen LogP contribution in [0.1, 0.15) is 29.4 Å². The predicted octanol–water partition coefficient (Wildman–Crippen LogP) is 3.35. The molecule has 0 radical (unpaired) electrons. The Morgan fingerprint density at radius 1 is 1.33 bits per heavy atom. The molecule has 0 bridgehead atoms. The van der Waals surface area contributed by atoms with Gasteiger partial charge in [-0.05, 0) is 31.0 Å². The van der Waals surface area contributed by atoms with E-state index in [0.29, 0.717) is 24.0 Å². The largest absolute Gasteiger partial charge is 0.460 e. The van der Waals surface area contributed by atoms with E-state index in [4.69, 9.17) is 10.5 Å². The van der Waals surface area contributed by atoms with Gasteiger partial charge in [0.05, 0.1) is 5.69 Å². The highest BCUT2D eigenvalue weighted by Gasteiger charge is 2.28. The van der Waals surface area contributed by atoms with Crippen LogP contribution < -0.4 is 5.73 Å². The molecule has 3 rings (SSSR count). The van der Waals surface area contributed by atoms with Crippen LogP contribution in [0.2, 0.25) is 0 Å². The third-order valence-corrected chi connectivity index (χ3v) is 4.32. The summed E-state index contributed by atoms with van der Waals surface area (Å²) in [6, 6.07) is 12.2. The first-order chi connectivity index (χ1) is 10.2. The van der Waals surface area contributed by atoms with Crippen LogP contribution in [0.3, 0.4) is 0 Å². The maximum atomic E-state index is 12.1. The number of carbonyl (C=O) groups excluding carboxylic acids is 1. The summed E-state index contributed by atoms with van der Waals surface area (Å²) in [5.41, 5.74) is 6.97. The van der Waals surface area contributed by atoms with Crippen molar-refractivity contribution in [3.63, 3.8) is 0 Å². The molecule has 2 N–H and O–H groups in total. The Bertz CT molecular complexity index is 620. The molecule has 0 atom stereocenters. The summed E-state index contributed by atoms with van der Waals surface area (Å²) in [6.07, 6.45) is 4.05. The molecule has 110 valence electrons. The summed E-state index contributed by atoms with van der Waals surface area (Å²) < 4.78 is 7.29. The van der Waals surface area contributed by atoms with Crippen molar-refractivity contribution in [3.8, 4) is 0 Å². The average molecular weight is 302 g/mol. The molecule has 1 aliphatic carbocycles. The van der Waals surface area contributed by atoms with Gasteiger partial charge in [-0.2, -0.15) is 0 Å². The molecule has 5 heteroatoms. The second-order valence-electron chi connectivity index (χ2n) is 5.09. The van der Waals surface area contributed by atoms with Crippen LogP contribution >= 0.6 is 11.8 Å². The van der Waals surface area contributed by atoms with Gasteiger partial charge >= 0.3 is 5.97 Å². The molecule has 1 fully saturated rings. The lowest BCUT2D eigenvalue weighted by Gasteiger charge is -2.08. The summed E-state index contributed by atoms with van der Waals surface area (Å²) in [5.74, 6) is 0.460. The Morgan fingerprint density at radius 3 is 2.81 bits per heavy atom. The number of thioether (sulfide) groups is 1. The van der Waals surface area contributed by atoms with Crippen molar-refractivity contribution < 1.29 is 9.53 Å². The fourth-order valence-electron chi connectivity index (χ4n) is 2.20. The van der Waals surface area contributed by atoms with Gasteiger partial charge < -0.3 is 15.0 Å². The van der Waals surface area contributed by atoms with E-state index in [2.05, 4.69) is 0 Å². The summed E-state index contributed by atoms with van der Waals surface area (Å²) in [6.45, 7) is 0.397. The monoisotopic (exact) mass is 302 g/mol. The molecule has 2 aromatic rings. The maximum Gasteiger partial charge on any atom is 0.355 e. The van der Waals surface area contributed by atoms with Crippen molar-refractivity contribution in [3.05, 3.63) is 48.3 Å². The van der Waals surface area contributed by atoms with Gasteiger partial charge in [0.1, 0.15) is 12.3 Å². The molecule has 1 aromatic heterocycles. The number of hydrogen-bond donors (Lipinski definition) is 1. The highest BCUT2D eigenvalue weighted by atomic mass is 32.2. The molecular formula is C16H18N2O2S. The van der Waals surface area contributed by atoms with Gasteiger partial charge in [0.25, 0.3) is 0 Å². The predicted molar refractivity (Wildman–Crippen MR) is 84.6 cm³/mol. The number of ether oxygens (including phenoxy) is 1. The van der Waals surface area contributed by atoms with E-state index in [1.54, 1.807) is 17.8 Å². The molecule has 1 saturated carbocycles. The van der Waals surface area contributed by atoms with E-state index in [9.17, 15) is 4.79 Å². The van der Waals surface area contributed by atoms with Crippen molar-refractivity contribution in [2.24, 2.45) is 0 Å². The molecule has 0 amide bonds. The van der Waals surface area contributed by atoms with Crippen molar-refractivity contribution in [2.45, 2.75) is 23.8 Å². The van der Waals surface area contributed by atoms with Crippen LogP contribution in [0.25, 0.3) is 0 Å². The maximum absolute atomic E-state index is 12.1. The highest BCUT2D eigenvalue weighted by molar-refractivity contribution is 7.99. The number of nitrogens with two attached hydrogens (primary N) is 1. The van der Waals surface area contributed by atoms with Gasteiger partial charge in [-0.25, -0.2) is 4.79 Å². The average Bonchev–Trinajstić information content (AvgIpc) is 3.27. The molecular weight excluding hydrogens is 284 g/mol. The number of hydrogen-bond acceptors (Lipinski definition) is 4. The van der Waals surface area contributed by atoms with Crippen molar-refractivity contribution in [2.75, 3.05) is 18.1 Å². The molecule has 4 nitrogen and oxygen atoms in total. The van der Waals surface area contributed by atoms with Crippen LogP contribution in [-0.2, 0) is 4.74 Å². The minimum atomic E-state index is -0.285. The number of nitrogen functional groups attached to an aromatic ring is 1. The van der Waals surface area contributed by atoms with E-state index in [1.807, 2.05) is 41.1 Å². The van der Waals surface area contributed by atoms with E-state index in [1.165, 1.54) is 4.90 Å². The number of anilines is 1. The van der Waals surface area contributed by atoms with Gasteiger partial charge in [0, 0.05) is 22.9 Å². The van der Waals surface area contributed by atoms with Crippen molar-refractivity contribution in [1.29, 1.82) is 0 Å². The van der Waals surface area contributed by atoms with E-state index >= 15 is 0 Å². The second kappa shape index (κ2) is 6.26. The zero-order chi connectivity index (χ0) is 14.7. The first-order valence-electron chi connectivity index (χ1n) is 7.06. The summed E-state index contributed by atoms with van der Waals surface area (Å²) in [7, 11) is 0. The minimum absolute atomic E-state index is 0.285. The number of aromatic nitrogens is 1. The quantitative estimate of drug-likeness (QED) is 0.505. The molecule has 1 aliphatic rings. The smallest absolute Gasteiger partial charge is 0.355 e. The zero-order valence-corrected chi connectivity index (χ0v) is 12.5. The lowest BCUT2D eigenvalue weighted by Crippen LogP contribution is -2.12. The van der Waals surface area contributed by atoms with Gasteiger partial charge in [0.2, 0.25) is 0 Å². The van der Waals surface area contributed by atoms with Gasteiger partial charge in [-0.15, -0.1) is 11.8 Å². The topological polar surface area (TPSA) is 57.3 Å². The Labute approximate surface area is 128 Å². The van der Waals surface area contributed by atoms with Crippen LogP contribution in [0, 0.1) is 0 Å². The van der Waals surface area contributed by atoms with Gasteiger partial charge in [-0.1, -0.05) is 18.2 Å². The molecule has 0 saturated heterocycles. The molecule has 21 heavy (non-hydrogen) atoms. The summed E-state index contributed by atoms with van der Waals surface area (Å²) in [4.78, 5) is 13.3. The third-order valence-electron chi connectivity index (χ3n) is 3.35. The van der Waals surface area contributed by atoms with Crippen molar-refractivity contribution >= 4 is 23.4 Å². The molecule has 0 unspecified atom stereocenters. The lowest BCUT2D eigenvalue weighted by molar-refractivity contribution is 0.0517. The number of benzene rings is 1. The lowest BCUT2D eigenvalue weighted by atomic mass is 10.4.